The van der Waals surface area contributed by atoms with Crippen LogP contribution < -0.4 is 5.43 Å². The zero-order valence-corrected chi connectivity index (χ0v) is 20.6. The van der Waals surface area contributed by atoms with E-state index in [1.54, 1.807) is 12.1 Å². The van der Waals surface area contributed by atoms with Crippen molar-refractivity contribution in [3.8, 4) is 0 Å². The summed E-state index contributed by atoms with van der Waals surface area (Å²) in [5.74, 6) is -0.792. The van der Waals surface area contributed by atoms with E-state index in [9.17, 15) is 26.4 Å². The average molecular weight is 568 g/mol. The number of alkyl halides is 3. The summed E-state index contributed by atoms with van der Waals surface area (Å²) < 4.78 is 67.5. The van der Waals surface area contributed by atoms with Crippen molar-refractivity contribution >= 4 is 38.1 Å². The standard InChI is InChI=1S/C24H21BrF3N3O3S/c25-20-10-12-21(13-11-20)35(33,34)31(15-14-18-6-2-1-3-7-18)17-23(32)30-29-16-19-8-4-5-9-22(19)24(26,27)28/h1-13,16H,14-15,17H2,(H,30,32). The molecule has 0 heterocycles. The second kappa shape index (κ2) is 11.6. The lowest BCUT2D eigenvalue weighted by Gasteiger charge is -2.21. The fourth-order valence-electron chi connectivity index (χ4n) is 3.18. The third-order valence-corrected chi connectivity index (χ3v) is 7.31. The molecule has 0 aliphatic carbocycles. The van der Waals surface area contributed by atoms with Gasteiger partial charge in [0.15, 0.2) is 0 Å². The van der Waals surface area contributed by atoms with Gasteiger partial charge < -0.3 is 0 Å². The van der Waals surface area contributed by atoms with Crippen molar-refractivity contribution in [2.45, 2.75) is 17.5 Å². The predicted molar refractivity (Wildman–Crippen MR) is 130 cm³/mol. The Bertz CT molecular complexity index is 1280. The van der Waals surface area contributed by atoms with Crippen LogP contribution in [0, 0.1) is 0 Å². The molecule has 3 aromatic carbocycles. The number of nitrogens with zero attached hydrogens (tertiary/aromatic N) is 2. The number of carbonyl (C=O) groups excluding carboxylic acids is 1. The van der Waals surface area contributed by atoms with Crippen LogP contribution in [0.4, 0.5) is 13.2 Å². The normalized spacial score (nSPS) is 12.3. The number of carbonyl (C=O) groups is 1. The summed E-state index contributed by atoms with van der Waals surface area (Å²) in [5, 5.41) is 3.60. The molecule has 0 unspecified atom stereocenters. The molecule has 3 aromatic rings. The van der Waals surface area contributed by atoms with Crippen molar-refractivity contribution in [1.29, 1.82) is 0 Å². The minimum Gasteiger partial charge on any atom is -0.272 e. The van der Waals surface area contributed by atoms with E-state index in [-0.39, 0.29) is 17.0 Å². The topological polar surface area (TPSA) is 78.8 Å². The first-order valence-electron chi connectivity index (χ1n) is 10.3. The Morgan fingerprint density at radius 3 is 2.26 bits per heavy atom. The molecule has 0 aliphatic heterocycles. The van der Waals surface area contributed by atoms with Crippen LogP contribution in [-0.4, -0.2) is 37.9 Å². The van der Waals surface area contributed by atoms with Gasteiger partial charge in [-0.25, -0.2) is 13.8 Å². The monoisotopic (exact) mass is 567 g/mol. The van der Waals surface area contributed by atoms with E-state index >= 15 is 0 Å². The van der Waals surface area contributed by atoms with Crippen molar-refractivity contribution in [3.05, 3.63) is 100 Å². The molecular formula is C24H21BrF3N3O3S. The van der Waals surface area contributed by atoms with Gasteiger partial charge in [-0.15, -0.1) is 0 Å². The molecule has 1 amide bonds. The number of sulfonamides is 1. The fraction of sp³-hybridized carbons (Fsp3) is 0.167. The number of hydrogen-bond acceptors (Lipinski definition) is 4. The molecule has 0 aromatic heterocycles. The summed E-state index contributed by atoms with van der Waals surface area (Å²) in [6, 6.07) is 19.9. The van der Waals surface area contributed by atoms with Crippen LogP contribution in [0.5, 0.6) is 0 Å². The molecule has 0 saturated heterocycles. The fourth-order valence-corrected chi connectivity index (χ4v) is 4.84. The quantitative estimate of drug-likeness (QED) is 0.296. The van der Waals surface area contributed by atoms with Gasteiger partial charge in [-0.3, -0.25) is 4.79 Å². The molecule has 11 heteroatoms. The Morgan fingerprint density at radius 2 is 1.60 bits per heavy atom. The van der Waals surface area contributed by atoms with Crippen LogP contribution in [0.3, 0.4) is 0 Å². The zero-order chi connectivity index (χ0) is 25.5. The number of hydrazone groups is 1. The van der Waals surface area contributed by atoms with Crippen LogP contribution >= 0.6 is 15.9 Å². The summed E-state index contributed by atoms with van der Waals surface area (Å²) in [7, 11) is -4.04. The van der Waals surface area contributed by atoms with Crippen LogP contribution in [0.25, 0.3) is 0 Å². The molecule has 0 spiro atoms. The van der Waals surface area contributed by atoms with Crippen LogP contribution in [0.2, 0.25) is 0 Å². The summed E-state index contributed by atoms with van der Waals surface area (Å²) in [4.78, 5) is 12.5. The van der Waals surface area contributed by atoms with Gasteiger partial charge >= 0.3 is 6.18 Å². The molecule has 0 radical (unpaired) electrons. The van der Waals surface area contributed by atoms with Crippen molar-refractivity contribution in [3.63, 3.8) is 0 Å². The van der Waals surface area contributed by atoms with Crippen LogP contribution in [0.15, 0.2) is 93.3 Å². The summed E-state index contributed by atoms with van der Waals surface area (Å²) in [5.41, 5.74) is 1.87. The van der Waals surface area contributed by atoms with Gasteiger partial charge in [0.2, 0.25) is 10.0 Å². The maximum atomic E-state index is 13.2. The summed E-state index contributed by atoms with van der Waals surface area (Å²) in [6.07, 6.45) is -3.36. The molecule has 35 heavy (non-hydrogen) atoms. The van der Waals surface area contributed by atoms with E-state index in [2.05, 4.69) is 26.5 Å². The molecule has 0 fully saturated rings. The highest BCUT2D eigenvalue weighted by Gasteiger charge is 2.32. The van der Waals surface area contributed by atoms with E-state index in [0.717, 1.165) is 22.1 Å². The van der Waals surface area contributed by atoms with Gasteiger partial charge in [0.25, 0.3) is 5.91 Å². The minimum absolute atomic E-state index is 0.00386. The lowest BCUT2D eigenvalue weighted by Crippen LogP contribution is -2.40. The largest absolute Gasteiger partial charge is 0.417 e. The number of hydrogen-bond donors (Lipinski definition) is 1. The Labute approximate surface area is 209 Å². The van der Waals surface area contributed by atoms with E-state index < -0.39 is 34.2 Å². The van der Waals surface area contributed by atoms with Crippen molar-refractivity contribution < 1.29 is 26.4 Å². The van der Waals surface area contributed by atoms with Gasteiger partial charge in [-0.1, -0.05) is 64.5 Å². The molecule has 6 nitrogen and oxygen atoms in total. The first-order valence-corrected chi connectivity index (χ1v) is 12.6. The van der Waals surface area contributed by atoms with Crippen molar-refractivity contribution in [2.75, 3.05) is 13.1 Å². The zero-order valence-electron chi connectivity index (χ0n) is 18.2. The molecule has 3 rings (SSSR count). The average Bonchev–Trinajstić information content (AvgIpc) is 2.82. The maximum Gasteiger partial charge on any atom is 0.417 e. The second-order valence-electron chi connectivity index (χ2n) is 7.41. The summed E-state index contributed by atoms with van der Waals surface area (Å²) in [6.45, 7) is -0.556. The molecule has 1 N–H and O–H groups in total. The van der Waals surface area contributed by atoms with E-state index in [1.807, 2.05) is 30.3 Å². The Balaban J connectivity index is 1.76. The van der Waals surface area contributed by atoms with E-state index in [4.69, 9.17) is 0 Å². The molecule has 0 aliphatic rings. The first kappa shape index (κ1) is 26.6. The SMILES string of the molecule is O=C(CN(CCc1ccccc1)S(=O)(=O)c1ccc(Br)cc1)NN=Cc1ccccc1C(F)(F)F. The lowest BCUT2D eigenvalue weighted by molar-refractivity contribution is -0.137. The van der Waals surface area contributed by atoms with Gasteiger partial charge in [0, 0.05) is 16.6 Å². The number of halogens is 4. The van der Waals surface area contributed by atoms with Crippen LogP contribution in [0.1, 0.15) is 16.7 Å². The number of nitrogens with one attached hydrogen (secondary N) is 1. The highest BCUT2D eigenvalue weighted by Crippen LogP contribution is 2.31. The number of rotatable bonds is 9. The highest BCUT2D eigenvalue weighted by molar-refractivity contribution is 9.10. The van der Waals surface area contributed by atoms with Crippen molar-refractivity contribution in [2.24, 2.45) is 5.10 Å². The van der Waals surface area contributed by atoms with E-state index in [1.165, 1.54) is 30.3 Å². The Hall–Kier alpha value is -3.02. The minimum atomic E-state index is -4.58. The Kier molecular flexibility index (Phi) is 8.82. The molecule has 0 bridgehead atoms. The molecular weight excluding hydrogens is 547 g/mol. The van der Waals surface area contributed by atoms with Gasteiger partial charge in [-0.2, -0.15) is 22.6 Å². The number of amides is 1. The number of benzene rings is 3. The van der Waals surface area contributed by atoms with E-state index in [0.29, 0.717) is 10.9 Å². The smallest absolute Gasteiger partial charge is 0.272 e. The highest BCUT2D eigenvalue weighted by atomic mass is 79.9. The van der Waals surface area contributed by atoms with Crippen LogP contribution in [-0.2, 0) is 27.4 Å². The van der Waals surface area contributed by atoms with Gasteiger partial charge in [0.1, 0.15) is 0 Å². The third-order valence-electron chi connectivity index (χ3n) is 4.92. The first-order chi connectivity index (χ1) is 16.6. The molecule has 0 saturated carbocycles. The van der Waals surface area contributed by atoms with Gasteiger partial charge in [-0.05, 0) is 42.3 Å². The summed E-state index contributed by atoms with van der Waals surface area (Å²) >= 11 is 3.26. The lowest BCUT2D eigenvalue weighted by atomic mass is 10.1. The van der Waals surface area contributed by atoms with Crippen molar-refractivity contribution in [1.82, 2.24) is 9.73 Å². The second-order valence-corrected chi connectivity index (χ2v) is 10.3. The Morgan fingerprint density at radius 1 is 0.971 bits per heavy atom. The molecule has 0 atom stereocenters. The third kappa shape index (κ3) is 7.48. The van der Waals surface area contributed by atoms with Gasteiger partial charge in [0.05, 0.1) is 23.2 Å². The maximum absolute atomic E-state index is 13.2. The molecule has 184 valence electrons. The predicted octanol–water partition coefficient (Wildman–Crippen LogP) is 4.85.